The van der Waals surface area contributed by atoms with E-state index in [1.54, 1.807) is 0 Å². The van der Waals surface area contributed by atoms with Gasteiger partial charge in [0.2, 0.25) is 11.8 Å². The van der Waals surface area contributed by atoms with Gasteiger partial charge in [-0.2, -0.15) is 0 Å². The molecule has 1 saturated heterocycles. The molecule has 1 aliphatic heterocycles. The van der Waals surface area contributed by atoms with Crippen LogP contribution in [0.5, 0.6) is 0 Å². The fourth-order valence-electron chi connectivity index (χ4n) is 2.16. The summed E-state index contributed by atoms with van der Waals surface area (Å²) in [5, 5.41) is 8.42. The molecule has 1 atom stereocenters. The van der Waals surface area contributed by atoms with Crippen LogP contribution in [0, 0.1) is 5.92 Å². The van der Waals surface area contributed by atoms with Crippen LogP contribution in [0.25, 0.3) is 0 Å². The lowest BCUT2D eigenvalue weighted by atomic mass is 10.2. The van der Waals surface area contributed by atoms with Crippen molar-refractivity contribution in [2.24, 2.45) is 5.92 Å². The standard InChI is InChI=1S/C14H22N4O2S/c1-9(2)13(20)17-14-16-11(8-21-14)6-12(19)18-5-4-15-7-10(18)3/h8-10,15H,4-7H2,1-3H3,(H,16,17,20). The Kier molecular flexibility index (Phi) is 5.30. The number of anilines is 1. The minimum atomic E-state index is -0.0827. The molecule has 1 aliphatic rings. The molecule has 2 heterocycles. The van der Waals surface area contributed by atoms with E-state index in [0.717, 1.165) is 25.3 Å². The Labute approximate surface area is 128 Å². The molecular weight excluding hydrogens is 288 g/mol. The molecule has 2 amide bonds. The van der Waals surface area contributed by atoms with Crippen LogP contribution in [-0.2, 0) is 16.0 Å². The molecule has 0 spiro atoms. The van der Waals surface area contributed by atoms with Gasteiger partial charge in [-0.15, -0.1) is 11.3 Å². The van der Waals surface area contributed by atoms with Gasteiger partial charge in [0.25, 0.3) is 0 Å². The third kappa shape index (κ3) is 4.25. The van der Waals surface area contributed by atoms with Gasteiger partial charge in [-0.05, 0) is 6.92 Å². The van der Waals surface area contributed by atoms with Crippen LogP contribution < -0.4 is 10.6 Å². The maximum absolute atomic E-state index is 12.3. The first-order chi connectivity index (χ1) is 9.97. The molecule has 0 aromatic carbocycles. The summed E-state index contributed by atoms with van der Waals surface area (Å²) >= 11 is 1.36. The number of hydrogen-bond acceptors (Lipinski definition) is 5. The van der Waals surface area contributed by atoms with Gasteiger partial charge in [0.05, 0.1) is 12.1 Å². The summed E-state index contributed by atoms with van der Waals surface area (Å²) < 4.78 is 0. The van der Waals surface area contributed by atoms with Crippen molar-refractivity contribution in [2.45, 2.75) is 33.2 Å². The van der Waals surface area contributed by atoms with Gasteiger partial charge in [-0.25, -0.2) is 4.98 Å². The van der Waals surface area contributed by atoms with Crippen molar-refractivity contribution < 1.29 is 9.59 Å². The van der Waals surface area contributed by atoms with E-state index in [2.05, 4.69) is 15.6 Å². The molecule has 0 aliphatic carbocycles. The van der Waals surface area contributed by atoms with Crippen molar-refractivity contribution in [3.05, 3.63) is 11.1 Å². The number of thiazole rings is 1. The van der Waals surface area contributed by atoms with Gasteiger partial charge < -0.3 is 15.5 Å². The average Bonchev–Trinajstić information content (AvgIpc) is 2.86. The molecule has 21 heavy (non-hydrogen) atoms. The Morgan fingerprint density at radius 3 is 3.00 bits per heavy atom. The van der Waals surface area contributed by atoms with E-state index in [-0.39, 0.29) is 23.8 Å². The molecule has 0 radical (unpaired) electrons. The van der Waals surface area contributed by atoms with Crippen LogP contribution in [0.15, 0.2) is 5.38 Å². The minimum Gasteiger partial charge on any atom is -0.337 e. The Bertz CT molecular complexity index is 515. The van der Waals surface area contributed by atoms with E-state index in [1.165, 1.54) is 11.3 Å². The Balaban J connectivity index is 1.92. The SMILES string of the molecule is CC(C)C(=O)Nc1nc(CC(=O)N2CCNCC2C)cs1. The first kappa shape index (κ1) is 15.9. The van der Waals surface area contributed by atoms with Gasteiger partial charge in [0.15, 0.2) is 5.13 Å². The van der Waals surface area contributed by atoms with Gasteiger partial charge in [-0.1, -0.05) is 13.8 Å². The van der Waals surface area contributed by atoms with Crippen molar-refractivity contribution in [3.8, 4) is 0 Å². The van der Waals surface area contributed by atoms with Crippen molar-refractivity contribution >= 4 is 28.3 Å². The van der Waals surface area contributed by atoms with Crippen molar-refractivity contribution in [1.82, 2.24) is 15.2 Å². The molecule has 2 N–H and O–H groups in total. The number of carbonyl (C=O) groups excluding carboxylic acids is 2. The molecule has 1 aromatic rings. The lowest BCUT2D eigenvalue weighted by Gasteiger charge is -2.33. The molecule has 6 nitrogen and oxygen atoms in total. The average molecular weight is 310 g/mol. The molecule has 1 aromatic heterocycles. The second kappa shape index (κ2) is 7.00. The van der Waals surface area contributed by atoms with E-state index in [1.807, 2.05) is 31.1 Å². The lowest BCUT2D eigenvalue weighted by molar-refractivity contribution is -0.133. The highest BCUT2D eigenvalue weighted by Crippen LogP contribution is 2.17. The fourth-order valence-corrected chi connectivity index (χ4v) is 2.88. The summed E-state index contributed by atoms with van der Waals surface area (Å²) in [6, 6.07) is 0.213. The zero-order valence-electron chi connectivity index (χ0n) is 12.7. The zero-order chi connectivity index (χ0) is 15.4. The topological polar surface area (TPSA) is 74.3 Å². The van der Waals surface area contributed by atoms with E-state index < -0.39 is 0 Å². The molecule has 7 heteroatoms. The monoisotopic (exact) mass is 310 g/mol. The van der Waals surface area contributed by atoms with Gasteiger partial charge in [-0.3, -0.25) is 9.59 Å². The molecule has 116 valence electrons. The van der Waals surface area contributed by atoms with Crippen LogP contribution in [-0.4, -0.2) is 47.4 Å². The number of rotatable bonds is 4. The summed E-state index contributed by atoms with van der Waals surface area (Å²) in [7, 11) is 0. The predicted octanol–water partition coefficient (Wildman–Crippen LogP) is 1.10. The van der Waals surface area contributed by atoms with Crippen molar-refractivity contribution in [3.63, 3.8) is 0 Å². The van der Waals surface area contributed by atoms with Gasteiger partial charge in [0, 0.05) is 37.0 Å². The highest BCUT2D eigenvalue weighted by Gasteiger charge is 2.23. The van der Waals surface area contributed by atoms with Gasteiger partial charge in [0.1, 0.15) is 0 Å². The second-order valence-corrected chi connectivity index (χ2v) is 6.46. The van der Waals surface area contributed by atoms with Crippen LogP contribution in [0.4, 0.5) is 5.13 Å². The summed E-state index contributed by atoms with van der Waals surface area (Å²) in [6.45, 7) is 8.11. The highest BCUT2D eigenvalue weighted by molar-refractivity contribution is 7.13. The molecule has 0 bridgehead atoms. The van der Waals surface area contributed by atoms with Crippen molar-refractivity contribution in [1.29, 1.82) is 0 Å². The number of nitrogens with zero attached hydrogens (tertiary/aromatic N) is 2. The van der Waals surface area contributed by atoms with E-state index >= 15 is 0 Å². The lowest BCUT2D eigenvalue weighted by Crippen LogP contribution is -2.52. The number of hydrogen-bond donors (Lipinski definition) is 2. The van der Waals surface area contributed by atoms with Crippen molar-refractivity contribution in [2.75, 3.05) is 25.0 Å². The normalized spacial score (nSPS) is 18.9. The molecular formula is C14H22N4O2S. The maximum Gasteiger partial charge on any atom is 0.228 e. The van der Waals surface area contributed by atoms with Crippen LogP contribution in [0.1, 0.15) is 26.5 Å². The minimum absolute atomic E-state index is 0.0575. The molecule has 1 unspecified atom stereocenters. The third-order valence-electron chi connectivity index (χ3n) is 3.46. The quantitative estimate of drug-likeness (QED) is 0.873. The zero-order valence-corrected chi connectivity index (χ0v) is 13.5. The largest absolute Gasteiger partial charge is 0.337 e. The summed E-state index contributed by atoms with van der Waals surface area (Å²) in [5.74, 6) is -0.0466. The van der Waals surface area contributed by atoms with E-state index in [4.69, 9.17) is 0 Å². The number of aromatic nitrogens is 1. The van der Waals surface area contributed by atoms with E-state index in [0.29, 0.717) is 11.6 Å². The predicted molar refractivity (Wildman–Crippen MR) is 83.3 cm³/mol. The van der Waals surface area contributed by atoms with Gasteiger partial charge >= 0.3 is 0 Å². The number of piperazine rings is 1. The van der Waals surface area contributed by atoms with Crippen LogP contribution in [0.3, 0.4) is 0 Å². The van der Waals surface area contributed by atoms with Crippen LogP contribution >= 0.6 is 11.3 Å². The Hall–Kier alpha value is -1.47. The summed E-state index contributed by atoms with van der Waals surface area (Å²) in [4.78, 5) is 30.1. The van der Waals surface area contributed by atoms with E-state index in [9.17, 15) is 9.59 Å². The molecule has 0 saturated carbocycles. The molecule has 2 rings (SSSR count). The smallest absolute Gasteiger partial charge is 0.228 e. The maximum atomic E-state index is 12.3. The first-order valence-corrected chi connectivity index (χ1v) is 8.10. The second-order valence-electron chi connectivity index (χ2n) is 5.61. The number of carbonyl (C=O) groups is 2. The summed E-state index contributed by atoms with van der Waals surface area (Å²) in [5.41, 5.74) is 0.717. The summed E-state index contributed by atoms with van der Waals surface area (Å²) in [6.07, 6.45) is 0.290. The Morgan fingerprint density at radius 2 is 2.33 bits per heavy atom. The number of nitrogens with one attached hydrogen (secondary N) is 2. The highest BCUT2D eigenvalue weighted by atomic mass is 32.1. The number of amides is 2. The first-order valence-electron chi connectivity index (χ1n) is 7.23. The fraction of sp³-hybridized carbons (Fsp3) is 0.643. The third-order valence-corrected chi connectivity index (χ3v) is 4.27. The van der Waals surface area contributed by atoms with Crippen LogP contribution in [0.2, 0.25) is 0 Å². The Morgan fingerprint density at radius 1 is 1.57 bits per heavy atom. The molecule has 1 fully saturated rings.